The highest BCUT2D eigenvalue weighted by molar-refractivity contribution is 5.84. The number of amidine groups is 1. The second-order valence-corrected chi connectivity index (χ2v) is 18.1. The highest BCUT2D eigenvalue weighted by atomic mass is 16.5. The van der Waals surface area contributed by atoms with Gasteiger partial charge in [-0.25, -0.2) is 0 Å². The van der Waals surface area contributed by atoms with Gasteiger partial charge in [-0.05, 0) is 39.0 Å². The zero-order valence-corrected chi connectivity index (χ0v) is 38.5. The van der Waals surface area contributed by atoms with Gasteiger partial charge >= 0.3 is 11.9 Å². The van der Waals surface area contributed by atoms with Crippen LogP contribution in [0, 0.1) is 0 Å². The quantitative estimate of drug-likeness (QED) is 0.0490. The van der Waals surface area contributed by atoms with Gasteiger partial charge < -0.3 is 14.7 Å². The molecule has 1 aliphatic heterocycles. The molecule has 0 aromatic rings. The lowest BCUT2D eigenvalue weighted by atomic mass is 10.0. The first kappa shape index (κ1) is 53.4. The summed E-state index contributed by atoms with van der Waals surface area (Å²) in [5.41, 5.74) is 0. The van der Waals surface area contributed by atoms with E-state index in [0.29, 0.717) is 25.5 Å². The van der Waals surface area contributed by atoms with Crippen molar-refractivity contribution in [3.63, 3.8) is 0 Å². The summed E-state index contributed by atoms with van der Waals surface area (Å²) in [5, 5.41) is 8.70. The monoisotopic (exact) mass is 803 g/mol. The van der Waals surface area contributed by atoms with Gasteiger partial charge in [0, 0.05) is 31.8 Å². The first-order valence-corrected chi connectivity index (χ1v) is 25.7. The number of carbonyl (C=O) groups is 2. The van der Waals surface area contributed by atoms with E-state index in [0.717, 1.165) is 32.2 Å². The van der Waals surface area contributed by atoms with E-state index in [1.54, 1.807) is 0 Å². The third-order valence-electron chi connectivity index (χ3n) is 12.5. The third-order valence-corrected chi connectivity index (χ3v) is 12.5. The van der Waals surface area contributed by atoms with E-state index >= 15 is 0 Å². The van der Waals surface area contributed by atoms with Gasteiger partial charge in [0.1, 0.15) is 0 Å². The van der Waals surface area contributed by atoms with Gasteiger partial charge in [-0.1, -0.05) is 225 Å². The van der Waals surface area contributed by atoms with Crippen LogP contribution in [-0.2, 0) is 14.3 Å². The van der Waals surface area contributed by atoms with Crippen LogP contribution in [0.25, 0.3) is 0 Å². The molecule has 6 heteroatoms. The van der Waals surface area contributed by atoms with Crippen LogP contribution >= 0.6 is 0 Å². The van der Waals surface area contributed by atoms with Crippen molar-refractivity contribution in [1.29, 1.82) is 0 Å². The third kappa shape index (κ3) is 37.2. The summed E-state index contributed by atoms with van der Waals surface area (Å²) < 4.78 is 5.48. The molecule has 0 amide bonds. The molecule has 0 radical (unpaired) electrons. The number of hydrogen-bond donors (Lipinski definition) is 1. The average molecular weight is 803 g/mol. The van der Waals surface area contributed by atoms with Crippen molar-refractivity contribution in [3.8, 4) is 0 Å². The number of aliphatic imine (C=N–C) groups is 1. The summed E-state index contributed by atoms with van der Waals surface area (Å²) in [4.78, 5) is 30.2. The second-order valence-electron chi connectivity index (χ2n) is 18.1. The first-order valence-electron chi connectivity index (χ1n) is 25.7. The highest BCUT2D eigenvalue weighted by Crippen LogP contribution is 2.20. The number of carbonyl (C=O) groups excluding carboxylic acids is 1. The number of rotatable bonds is 46. The Morgan fingerprint density at radius 2 is 0.860 bits per heavy atom. The maximum atomic E-state index is 12.1. The van der Waals surface area contributed by atoms with Crippen LogP contribution in [0.15, 0.2) is 4.99 Å². The Morgan fingerprint density at radius 3 is 1.28 bits per heavy atom. The molecule has 0 saturated heterocycles. The Labute approximate surface area is 355 Å². The highest BCUT2D eigenvalue weighted by Gasteiger charge is 2.22. The molecule has 6 nitrogen and oxygen atoms in total. The minimum absolute atomic E-state index is 0.0189. The molecule has 1 atom stereocenters. The minimum Gasteiger partial charge on any atom is -0.481 e. The number of aliphatic carboxylic acids is 1. The molecule has 0 spiro atoms. The lowest BCUT2D eigenvalue weighted by Crippen LogP contribution is -2.35. The van der Waals surface area contributed by atoms with Crippen LogP contribution in [0.5, 0.6) is 0 Å². The Bertz CT molecular complexity index is 908. The van der Waals surface area contributed by atoms with Crippen molar-refractivity contribution < 1.29 is 19.4 Å². The Morgan fingerprint density at radius 1 is 0.509 bits per heavy atom. The topological polar surface area (TPSA) is 79.2 Å². The summed E-state index contributed by atoms with van der Waals surface area (Å²) in [5.74, 6) is 0.748. The summed E-state index contributed by atoms with van der Waals surface area (Å²) in [6.07, 6.45) is 53.2. The molecule has 0 fully saturated rings. The van der Waals surface area contributed by atoms with Gasteiger partial charge in [-0.2, -0.15) is 0 Å². The number of unbranched alkanes of at least 4 members (excludes halogenated alkanes) is 36. The molecule has 0 aliphatic carbocycles. The predicted octanol–water partition coefficient (Wildman–Crippen LogP) is 16.1. The standard InChI is InChI=1S/C51H98N2O4/c1-3-4-5-6-7-8-9-10-16-21-26-31-36-41-46-57-51(56)44-39-34-29-24-19-12-11-15-20-25-30-35-40-45-53-48(2)47-52-49(53)42-37-32-27-22-17-13-14-18-23-28-33-38-43-50(54)55/h48H,3-47H2,1-2H3,(H,54,55). The molecular weight excluding hydrogens is 705 g/mol. The lowest BCUT2D eigenvalue weighted by molar-refractivity contribution is -0.144. The van der Waals surface area contributed by atoms with Gasteiger partial charge in [0.2, 0.25) is 0 Å². The van der Waals surface area contributed by atoms with Gasteiger partial charge in [-0.3, -0.25) is 14.6 Å². The molecule has 1 N–H and O–H groups in total. The maximum absolute atomic E-state index is 12.1. The van der Waals surface area contributed by atoms with Gasteiger partial charge in [0.05, 0.1) is 19.0 Å². The molecule has 57 heavy (non-hydrogen) atoms. The largest absolute Gasteiger partial charge is 0.481 e. The van der Waals surface area contributed by atoms with Crippen LogP contribution in [0.3, 0.4) is 0 Å². The molecule has 1 unspecified atom stereocenters. The molecule has 1 heterocycles. The summed E-state index contributed by atoms with van der Waals surface area (Å²) in [6.45, 7) is 7.45. The van der Waals surface area contributed by atoms with Crippen LogP contribution in [0.1, 0.15) is 284 Å². The molecule has 0 aromatic carbocycles. The Hall–Kier alpha value is -1.59. The fourth-order valence-electron chi connectivity index (χ4n) is 8.63. The average Bonchev–Trinajstić information content (AvgIpc) is 3.55. The minimum atomic E-state index is -0.659. The van der Waals surface area contributed by atoms with E-state index in [1.165, 1.54) is 244 Å². The van der Waals surface area contributed by atoms with Crippen LogP contribution in [0.4, 0.5) is 0 Å². The van der Waals surface area contributed by atoms with E-state index in [1.807, 2.05) is 0 Å². The summed E-state index contributed by atoms with van der Waals surface area (Å²) in [7, 11) is 0. The number of hydrogen-bond acceptors (Lipinski definition) is 5. The van der Waals surface area contributed by atoms with E-state index < -0.39 is 5.97 Å². The van der Waals surface area contributed by atoms with E-state index in [4.69, 9.17) is 14.8 Å². The van der Waals surface area contributed by atoms with Gasteiger partial charge in [-0.15, -0.1) is 0 Å². The van der Waals surface area contributed by atoms with Crippen molar-refractivity contribution in [3.05, 3.63) is 0 Å². The number of esters is 1. The number of nitrogens with zero attached hydrogens (tertiary/aromatic N) is 2. The van der Waals surface area contributed by atoms with Crippen molar-refractivity contribution >= 4 is 17.8 Å². The van der Waals surface area contributed by atoms with E-state index in [-0.39, 0.29) is 5.97 Å². The molecule has 0 aromatic heterocycles. The van der Waals surface area contributed by atoms with E-state index in [9.17, 15) is 9.59 Å². The van der Waals surface area contributed by atoms with Crippen molar-refractivity contribution in [2.45, 2.75) is 290 Å². The van der Waals surface area contributed by atoms with Crippen molar-refractivity contribution in [1.82, 2.24) is 4.90 Å². The second kappa shape index (κ2) is 42.5. The molecule has 1 aliphatic rings. The van der Waals surface area contributed by atoms with Crippen molar-refractivity contribution in [2.24, 2.45) is 4.99 Å². The van der Waals surface area contributed by atoms with Crippen LogP contribution < -0.4 is 0 Å². The molecule has 336 valence electrons. The number of carboxylic acids is 1. The normalized spacial score (nSPS) is 14.1. The van der Waals surface area contributed by atoms with Gasteiger partial charge in [0.15, 0.2) is 0 Å². The SMILES string of the molecule is CCCCCCCCCCCCCCCCOC(=O)CCCCCCCCCCCCCCCN1C(CCCCCCCCCCCCCCC(=O)O)=NCC1C. The van der Waals surface area contributed by atoms with Crippen LogP contribution in [-0.4, -0.2) is 53.5 Å². The van der Waals surface area contributed by atoms with E-state index in [2.05, 4.69) is 18.7 Å². The fraction of sp³-hybridized carbons (Fsp3) is 0.941. The van der Waals surface area contributed by atoms with Gasteiger partial charge in [0.25, 0.3) is 0 Å². The summed E-state index contributed by atoms with van der Waals surface area (Å²) >= 11 is 0. The van der Waals surface area contributed by atoms with Crippen LogP contribution in [0.2, 0.25) is 0 Å². The maximum Gasteiger partial charge on any atom is 0.305 e. The fourth-order valence-corrected chi connectivity index (χ4v) is 8.63. The smallest absolute Gasteiger partial charge is 0.305 e. The lowest BCUT2D eigenvalue weighted by Gasteiger charge is -2.25. The Kier molecular flexibility index (Phi) is 39.9. The summed E-state index contributed by atoms with van der Waals surface area (Å²) in [6, 6.07) is 0.585. The first-order chi connectivity index (χ1) is 28.0. The number of ether oxygens (including phenoxy) is 1. The molecular formula is C51H98N2O4. The molecule has 0 bridgehead atoms. The Balaban J connectivity index is 1.79. The molecule has 1 rings (SSSR count). The predicted molar refractivity (Wildman–Crippen MR) is 247 cm³/mol. The zero-order chi connectivity index (χ0) is 41.1. The number of carboxylic acid groups (broad SMARTS) is 1. The van der Waals surface area contributed by atoms with Crippen molar-refractivity contribution in [2.75, 3.05) is 19.7 Å². The molecule has 0 saturated carbocycles. The zero-order valence-electron chi connectivity index (χ0n) is 38.5.